The van der Waals surface area contributed by atoms with E-state index in [4.69, 9.17) is 9.47 Å². The third-order valence-corrected chi connectivity index (χ3v) is 6.04. The van der Waals surface area contributed by atoms with Crippen LogP contribution in [0, 0.1) is 11.3 Å². The normalized spacial score (nSPS) is 33.3. The summed E-state index contributed by atoms with van der Waals surface area (Å²) in [5.74, 6) is -0.550. The molecular weight excluding hydrogens is 298 g/mol. The van der Waals surface area contributed by atoms with E-state index in [-0.39, 0.29) is 24.5 Å². The molecular formula is C17H27NO5. The van der Waals surface area contributed by atoms with E-state index in [1.54, 1.807) is 7.11 Å². The summed E-state index contributed by atoms with van der Waals surface area (Å²) < 4.78 is 11.2. The van der Waals surface area contributed by atoms with Crippen molar-refractivity contribution in [2.75, 3.05) is 26.9 Å². The molecule has 2 saturated carbocycles. The van der Waals surface area contributed by atoms with E-state index in [9.17, 15) is 14.7 Å². The highest BCUT2D eigenvalue weighted by molar-refractivity contribution is 5.86. The number of hydrogen-bond acceptors (Lipinski definition) is 4. The average Bonchev–Trinajstić information content (AvgIpc) is 2.98. The SMILES string of the molecule is CO[C@@H]1CCC[C@H]1[C@@H]1COCCN1C(=O)CC1(C(=O)O)CCC1. The Morgan fingerprint density at radius 1 is 1.30 bits per heavy atom. The van der Waals surface area contributed by atoms with Crippen LogP contribution in [0.1, 0.15) is 44.9 Å². The maximum atomic E-state index is 12.8. The van der Waals surface area contributed by atoms with Gasteiger partial charge in [0.25, 0.3) is 0 Å². The van der Waals surface area contributed by atoms with Crippen LogP contribution in [0.15, 0.2) is 0 Å². The van der Waals surface area contributed by atoms with Crippen molar-refractivity contribution in [1.29, 1.82) is 0 Å². The fourth-order valence-corrected chi connectivity index (χ4v) is 4.44. The molecule has 0 aromatic carbocycles. The van der Waals surface area contributed by atoms with Gasteiger partial charge in [0.05, 0.1) is 30.8 Å². The predicted molar refractivity (Wildman–Crippen MR) is 83.0 cm³/mol. The summed E-state index contributed by atoms with van der Waals surface area (Å²) in [6, 6.07) is 0.0228. The van der Waals surface area contributed by atoms with Crippen molar-refractivity contribution in [2.24, 2.45) is 11.3 Å². The van der Waals surface area contributed by atoms with Gasteiger partial charge in [-0.2, -0.15) is 0 Å². The lowest BCUT2D eigenvalue weighted by Gasteiger charge is -2.43. The number of methoxy groups -OCH3 is 1. The van der Waals surface area contributed by atoms with Crippen molar-refractivity contribution in [2.45, 2.75) is 57.1 Å². The maximum absolute atomic E-state index is 12.8. The number of rotatable bonds is 5. The van der Waals surface area contributed by atoms with E-state index in [1.807, 2.05) is 4.90 Å². The highest BCUT2D eigenvalue weighted by Crippen LogP contribution is 2.45. The minimum atomic E-state index is -0.823. The average molecular weight is 325 g/mol. The summed E-state index contributed by atoms with van der Waals surface area (Å²) in [5.41, 5.74) is -0.823. The first kappa shape index (κ1) is 16.7. The molecule has 0 radical (unpaired) electrons. The number of carboxylic acid groups (broad SMARTS) is 1. The van der Waals surface area contributed by atoms with Crippen LogP contribution in [0.25, 0.3) is 0 Å². The van der Waals surface area contributed by atoms with E-state index in [1.165, 1.54) is 0 Å². The molecule has 3 fully saturated rings. The quantitative estimate of drug-likeness (QED) is 0.832. The zero-order valence-corrected chi connectivity index (χ0v) is 13.8. The van der Waals surface area contributed by atoms with Crippen molar-refractivity contribution >= 4 is 11.9 Å². The Morgan fingerprint density at radius 2 is 2.09 bits per heavy atom. The fourth-order valence-electron chi connectivity index (χ4n) is 4.44. The summed E-state index contributed by atoms with van der Waals surface area (Å²) in [4.78, 5) is 26.3. The molecule has 23 heavy (non-hydrogen) atoms. The molecule has 6 heteroatoms. The van der Waals surface area contributed by atoms with Crippen molar-refractivity contribution in [1.82, 2.24) is 4.90 Å². The fraction of sp³-hybridized carbons (Fsp3) is 0.882. The van der Waals surface area contributed by atoms with Crippen LogP contribution in [-0.4, -0.2) is 60.9 Å². The molecule has 1 saturated heterocycles. The lowest BCUT2D eigenvalue weighted by atomic mass is 9.66. The van der Waals surface area contributed by atoms with Gasteiger partial charge in [-0.3, -0.25) is 9.59 Å². The highest BCUT2D eigenvalue weighted by atomic mass is 16.5. The first-order valence-electron chi connectivity index (χ1n) is 8.71. The molecule has 2 aliphatic carbocycles. The number of hydrogen-bond donors (Lipinski definition) is 1. The van der Waals surface area contributed by atoms with E-state index in [0.29, 0.717) is 38.5 Å². The zero-order valence-electron chi connectivity index (χ0n) is 13.8. The molecule has 6 nitrogen and oxygen atoms in total. The van der Waals surface area contributed by atoms with Crippen molar-refractivity contribution in [3.63, 3.8) is 0 Å². The van der Waals surface area contributed by atoms with Crippen molar-refractivity contribution in [3.8, 4) is 0 Å². The standard InChI is InChI=1S/C17H27NO5/c1-22-14-5-2-4-12(14)13-11-23-9-8-18(13)15(19)10-17(16(20)21)6-3-7-17/h12-14H,2-11H2,1H3,(H,20,21)/t12-,13-,14+/m0/s1. The number of aliphatic carboxylic acids is 1. The third kappa shape index (κ3) is 3.11. The van der Waals surface area contributed by atoms with Crippen LogP contribution in [0.5, 0.6) is 0 Å². The second kappa shape index (κ2) is 6.77. The molecule has 0 aromatic rings. The number of carbonyl (C=O) groups is 2. The topological polar surface area (TPSA) is 76.1 Å². The van der Waals surface area contributed by atoms with Crippen LogP contribution in [-0.2, 0) is 19.1 Å². The molecule has 0 unspecified atom stereocenters. The number of ether oxygens (including phenoxy) is 2. The molecule has 3 aliphatic rings. The smallest absolute Gasteiger partial charge is 0.310 e. The van der Waals surface area contributed by atoms with E-state index in [2.05, 4.69) is 0 Å². The van der Waals surface area contributed by atoms with Gasteiger partial charge in [0.1, 0.15) is 0 Å². The number of amides is 1. The lowest BCUT2D eigenvalue weighted by molar-refractivity contribution is -0.163. The second-order valence-corrected chi connectivity index (χ2v) is 7.21. The lowest BCUT2D eigenvalue weighted by Crippen LogP contribution is -2.55. The Bertz CT molecular complexity index is 462. The number of carboxylic acids is 1. The number of morpholine rings is 1. The van der Waals surface area contributed by atoms with Crippen LogP contribution in [0.2, 0.25) is 0 Å². The van der Waals surface area contributed by atoms with Crippen molar-refractivity contribution in [3.05, 3.63) is 0 Å². The summed E-state index contributed by atoms with van der Waals surface area (Å²) in [6.07, 6.45) is 5.62. The Balaban J connectivity index is 1.70. The molecule has 1 heterocycles. The Labute approximate surface area is 137 Å². The largest absolute Gasteiger partial charge is 0.481 e. The third-order valence-electron chi connectivity index (χ3n) is 6.04. The second-order valence-electron chi connectivity index (χ2n) is 7.21. The van der Waals surface area contributed by atoms with E-state index in [0.717, 1.165) is 25.7 Å². The molecule has 0 bridgehead atoms. The Hall–Kier alpha value is -1.14. The highest BCUT2D eigenvalue weighted by Gasteiger charge is 2.48. The molecule has 0 aromatic heterocycles. The minimum Gasteiger partial charge on any atom is -0.481 e. The van der Waals surface area contributed by atoms with Crippen LogP contribution in [0.4, 0.5) is 0 Å². The van der Waals surface area contributed by atoms with Gasteiger partial charge < -0.3 is 19.5 Å². The van der Waals surface area contributed by atoms with Gasteiger partial charge in [-0.25, -0.2) is 0 Å². The summed E-state index contributed by atoms with van der Waals surface area (Å²) in [5, 5.41) is 9.47. The van der Waals surface area contributed by atoms with Crippen LogP contribution in [0.3, 0.4) is 0 Å². The zero-order chi connectivity index (χ0) is 16.4. The van der Waals surface area contributed by atoms with Crippen molar-refractivity contribution < 1.29 is 24.2 Å². The predicted octanol–water partition coefficient (Wildman–Crippen LogP) is 1.67. The summed E-state index contributed by atoms with van der Waals surface area (Å²) in [7, 11) is 1.73. The molecule has 0 spiro atoms. The number of carbonyl (C=O) groups excluding carboxylic acids is 1. The van der Waals surface area contributed by atoms with Gasteiger partial charge in [-0.05, 0) is 25.7 Å². The first-order valence-corrected chi connectivity index (χ1v) is 8.71. The van der Waals surface area contributed by atoms with Gasteiger partial charge >= 0.3 is 5.97 Å². The van der Waals surface area contributed by atoms with Gasteiger partial charge in [-0.15, -0.1) is 0 Å². The molecule has 3 atom stereocenters. The van der Waals surface area contributed by atoms with Gasteiger partial charge in [-0.1, -0.05) is 12.8 Å². The van der Waals surface area contributed by atoms with Crippen LogP contribution >= 0.6 is 0 Å². The van der Waals surface area contributed by atoms with E-state index >= 15 is 0 Å². The number of nitrogens with zero attached hydrogens (tertiary/aromatic N) is 1. The minimum absolute atomic E-state index is 0.0228. The maximum Gasteiger partial charge on any atom is 0.310 e. The molecule has 1 amide bonds. The van der Waals surface area contributed by atoms with Gasteiger partial charge in [0, 0.05) is 26.0 Å². The monoisotopic (exact) mass is 325 g/mol. The van der Waals surface area contributed by atoms with E-state index < -0.39 is 11.4 Å². The first-order chi connectivity index (χ1) is 11.1. The van der Waals surface area contributed by atoms with Crippen LogP contribution < -0.4 is 0 Å². The van der Waals surface area contributed by atoms with Gasteiger partial charge in [0.15, 0.2) is 0 Å². The Kier molecular flexibility index (Phi) is 4.92. The Morgan fingerprint density at radius 3 is 2.70 bits per heavy atom. The van der Waals surface area contributed by atoms with Gasteiger partial charge in [0.2, 0.25) is 5.91 Å². The molecule has 130 valence electrons. The molecule has 1 aliphatic heterocycles. The summed E-state index contributed by atoms with van der Waals surface area (Å²) in [6.45, 7) is 1.63. The molecule has 3 rings (SSSR count). The summed E-state index contributed by atoms with van der Waals surface area (Å²) >= 11 is 0. The molecule has 1 N–H and O–H groups in total.